The monoisotopic (exact) mass is 753 g/mol. The number of ether oxygens (including phenoxy) is 10. The Hall–Kier alpha value is 0.0400. The van der Waals surface area contributed by atoms with Crippen LogP contribution in [0.3, 0.4) is 0 Å². The third-order valence-corrected chi connectivity index (χ3v) is 5.98. The van der Waals surface area contributed by atoms with Gasteiger partial charge in [-0.05, 0) is 0 Å². The Kier molecular flexibility index (Phi) is 57.4. The second-order valence-electron chi connectivity index (χ2n) is 6.84. The van der Waals surface area contributed by atoms with E-state index in [1.165, 1.54) is 0 Å². The molecule has 0 saturated carbocycles. The molecule has 0 aromatic rings. The summed E-state index contributed by atoms with van der Waals surface area (Å²) in [4.78, 5) is 0. The van der Waals surface area contributed by atoms with Crippen LogP contribution in [-0.4, -0.2) is 165 Å². The summed E-state index contributed by atoms with van der Waals surface area (Å²) in [5.74, 6) is 0. The van der Waals surface area contributed by atoms with Crippen LogP contribution in [-0.2, 0) is 67.4 Å². The molecule has 0 aromatic heterocycles. The summed E-state index contributed by atoms with van der Waals surface area (Å²) in [6, 6.07) is 0. The molecular formula is C22H50F6NNaO14S2. The molecule has 0 rings (SSSR count). The largest absolute Gasteiger partial charge is 1.00 e. The van der Waals surface area contributed by atoms with E-state index in [4.69, 9.17) is 0 Å². The summed E-state index contributed by atoms with van der Waals surface area (Å²) in [6.07, 6.45) is 0. The quantitative estimate of drug-likeness (QED) is 0.105. The van der Waals surface area contributed by atoms with E-state index < -0.39 is 31.1 Å². The van der Waals surface area contributed by atoms with Gasteiger partial charge in [0.15, 0.2) is 20.0 Å². The number of alkyl halides is 6. The van der Waals surface area contributed by atoms with E-state index in [0.717, 1.165) is 4.13 Å². The Balaban J connectivity index is -0.0000000840. The zero-order valence-electron chi connectivity index (χ0n) is 28.3. The van der Waals surface area contributed by atoms with E-state index in [-0.39, 0.29) is 29.6 Å². The molecule has 0 heterocycles. The SMILES string of the molecule is COCCOC.COCCOC.COCCOC.COCCOC.COCCOC.O=S(=O)([N-]S(=O)(=O)C(F)(F)F)C(F)(F)F.[Na+]. The van der Waals surface area contributed by atoms with Gasteiger partial charge in [0.25, 0.3) is 0 Å². The Labute approximate surface area is 291 Å². The van der Waals surface area contributed by atoms with Crippen molar-refractivity contribution in [2.75, 3.05) is 137 Å². The van der Waals surface area contributed by atoms with E-state index in [1.54, 1.807) is 71.1 Å². The van der Waals surface area contributed by atoms with Crippen LogP contribution in [0.1, 0.15) is 0 Å². The van der Waals surface area contributed by atoms with E-state index in [2.05, 4.69) is 47.4 Å². The predicted octanol–water partition coefficient (Wildman–Crippen LogP) is -0.541. The van der Waals surface area contributed by atoms with E-state index in [9.17, 15) is 43.2 Å². The van der Waals surface area contributed by atoms with Crippen LogP contribution < -0.4 is 29.6 Å². The van der Waals surface area contributed by atoms with Crippen molar-refractivity contribution in [3.63, 3.8) is 0 Å². The van der Waals surface area contributed by atoms with Crippen LogP contribution in [0.25, 0.3) is 4.13 Å². The first kappa shape index (κ1) is 61.3. The number of rotatable bonds is 17. The summed E-state index contributed by atoms with van der Waals surface area (Å²) < 4.78 is 156. The molecule has 0 atom stereocenters. The maximum Gasteiger partial charge on any atom is 1.00 e. The number of halogens is 6. The van der Waals surface area contributed by atoms with Crippen molar-refractivity contribution >= 4 is 20.0 Å². The number of hydrogen-bond donors (Lipinski definition) is 0. The minimum absolute atomic E-state index is 0. The van der Waals surface area contributed by atoms with Crippen molar-refractivity contribution in [2.45, 2.75) is 11.0 Å². The molecule has 0 saturated heterocycles. The standard InChI is InChI=1S/5C4H10O2.C2F6NO4S2.Na/c5*1-5-3-4-6-2;3-1(4,5)14(10,11)9-15(12,13)2(6,7)8;/h5*3-4H2,1-2H3;;/q;;;;;-1;+1. The summed E-state index contributed by atoms with van der Waals surface area (Å²) in [7, 11) is 3.07. The van der Waals surface area contributed by atoms with Gasteiger partial charge in [-0.2, -0.15) is 26.3 Å². The molecule has 0 unspecified atom stereocenters. The van der Waals surface area contributed by atoms with Gasteiger partial charge in [-0.25, -0.2) is 16.8 Å². The summed E-state index contributed by atoms with van der Waals surface area (Å²) in [6.45, 7) is 6.91. The summed E-state index contributed by atoms with van der Waals surface area (Å²) in [5.41, 5.74) is -12.4. The first-order valence-electron chi connectivity index (χ1n) is 12.0. The number of nitrogens with zero attached hydrogens (tertiary/aromatic N) is 1. The second-order valence-corrected chi connectivity index (χ2v) is 10.3. The predicted molar refractivity (Wildman–Crippen MR) is 152 cm³/mol. The van der Waals surface area contributed by atoms with Crippen molar-refractivity contribution in [3.8, 4) is 0 Å². The zero-order valence-corrected chi connectivity index (χ0v) is 32.0. The number of methoxy groups -OCH3 is 10. The Morgan fingerprint density at radius 3 is 0.543 bits per heavy atom. The van der Waals surface area contributed by atoms with Gasteiger partial charge in [0.1, 0.15) is 0 Å². The third kappa shape index (κ3) is 53.5. The molecule has 15 nitrogen and oxygen atoms in total. The Morgan fingerprint density at radius 1 is 0.370 bits per heavy atom. The zero-order chi connectivity index (χ0) is 36.8. The van der Waals surface area contributed by atoms with Crippen LogP contribution in [0.5, 0.6) is 0 Å². The van der Waals surface area contributed by atoms with Gasteiger partial charge in [0.05, 0.1) is 66.1 Å². The molecule has 0 aliphatic carbocycles. The summed E-state index contributed by atoms with van der Waals surface area (Å²) >= 11 is 0. The van der Waals surface area contributed by atoms with Gasteiger partial charge in [-0.15, -0.1) is 0 Å². The van der Waals surface area contributed by atoms with E-state index in [1.807, 2.05) is 0 Å². The van der Waals surface area contributed by atoms with Crippen LogP contribution in [0, 0.1) is 0 Å². The molecule has 282 valence electrons. The van der Waals surface area contributed by atoms with Crippen molar-refractivity contribution in [2.24, 2.45) is 0 Å². The second kappa shape index (κ2) is 43.1. The fraction of sp³-hybridized carbons (Fsp3) is 1.00. The van der Waals surface area contributed by atoms with E-state index in [0.29, 0.717) is 66.1 Å². The molecule has 0 fully saturated rings. The maximum atomic E-state index is 11.4. The maximum absolute atomic E-state index is 11.4. The van der Waals surface area contributed by atoms with Crippen molar-refractivity contribution in [3.05, 3.63) is 4.13 Å². The van der Waals surface area contributed by atoms with Crippen molar-refractivity contribution in [1.29, 1.82) is 0 Å². The van der Waals surface area contributed by atoms with Gasteiger partial charge >= 0.3 is 40.6 Å². The third-order valence-electron chi connectivity index (χ3n) is 3.24. The van der Waals surface area contributed by atoms with Crippen LogP contribution in [0.15, 0.2) is 0 Å². The van der Waals surface area contributed by atoms with Gasteiger partial charge in [-0.3, -0.25) is 0 Å². The molecule has 0 aliphatic heterocycles. The molecule has 24 heteroatoms. The number of sulfonamides is 2. The van der Waals surface area contributed by atoms with Gasteiger partial charge in [0, 0.05) is 71.1 Å². The van der Waals surface area contributed by atoms with Crippen molar-refractivity contribution < 1.29 is 120 Å². The topological polar surface area (TPSA) is 175 Å². The molecule has 46 heavy (non-hydrogen) atoms. The molecule has 0 N–H and O–H groups in total. The van der Waals surface area contributed by atoms with Crippen LogP contribution in [0.4, 0.5) is 26.3 Å². The molecular weight excluding hydrogens is 703 g/mol. The molecule has 0 amide bonds. The Bertz CT molecular complexity index is 659. The minimum atomic E-state index is -6.72. The average molecular weight is 754 g/mol. The molecule has 0 bridgehead atoms. The van der Waals surface area contributed by atoms with Crippen molar-refractivity contribution in [1.82, 2.24) is 0 Å². The molecule has 0 aliphatic rings. The Morgan fingerprint density at radius 2 is 0.478 bits per heavy atom. The average Bonchev–Trinajstić information content (AvgIpc) is 2.95. The smallest absolute Gasteiger partial charge is 0.421 e. The fourth-order valence-corrected chi connectivity index (χ4v) is 2.76. The van der Waals surface area contributed by atoms with E-state index >= 15 is 0 Å². The first-order valence-corrected chi connectivity index (χ1v) is 14.9. The number of hydrogen-bond acceptors (Lipinski definition) is 14. The first-order chi connectivity index (χ1) is 20.8. The van der Waals surface area contributed by atoms with Gasteiger partial charge in [-0.1, -0.05) is 0 Å². The molecule has 0 spiro atoms. The van der Waals surface area contributed by atoms with Gasteiger partial charge < -0.3 is 51.5 Å². The van der Waals surface area contributed by atoms with Gasteiger partial charge in [0.2, 0.25) is 0 Å². The van der Waals surface area contributed by atoms with Crippen LogP contribution >= 0.6 is 0 Å². The minimum Gasteiger partial charge on any atom is -0.421 e. The van der Waals surface area contributed by atoms with Crippen LogP contribution in [0.2, 0.25) is 0 Å². The fourth-order valence-electron chi connectivity index (χ4n) is 1.05. The molecule has 0 aromatic carbocycles. The normalized spacial score (nSPS) is 10.9. The molecule has 0 radical (unpaired) electrons. The summed E-state index contributed by atoms with van der Waals surface area (Å²) in [5, 5.41) is 0.